The lowest BCUT2D eigenvalue weighted by Gasteiger charge is -2.31. The first-order chi connectivity index (χ1) is 11.7. The number of carbonyl (C=O) groups is 1. The minimum absolute atomic E-state index is 0.0657. The van der Waals surface area contributed by atoms with Gasteiger partial charge in [0.25, 0.3) is 5.91 Å². The first-order valence-corrected chi connectivity index (χ1v) is 10.5. The molecule has 2 heterocycles. The Labute approximate surface area is 149 Å². The lowest BCUT2D eigenvalue weighted by Crippen LogP contribution is -2.44. The largest absolute Gasteiger partial charge is 0.483 e. The molecule has 1 fully saturated rings. The highest BCUT2D eigenvalue weighted by Crippen LogP contribution is 2.41. The molecule has 2 aliphatic heterocycles. The number of rotatable bonds is 4. The van der Waals surface area contributed by atoms with E-state index in [1.54, 1.807) is 4.90 Å². The maximum atomic E-state index is 12.4. The zero-order valence-corrected chi connectivity index (χ0v) is 15.8. The highest BCUT2D eigenvalue weighted by Gasteiger charge is 2.33. The standard InChI is InChI=1S/C18H25NO5S/c1-18(2)11-13-5-4-6-15(17(13)24-18)23-12-16(20)19-9-7-14(8-10-19)25(3,21)22/h4-6,14H,7-12H2,1-3H3. The van der Waals surface area contributed by atoms with Crippen LogP contribution in [0.15, 0.2) is 18.2 Å². The number of nitrogens with zero attached hydrogens (tertiary/aromatic N) is 1. The summed E-state index contributed by atoms with van der Waals surface area (Å²) >= 11 is 0. The second-order valence-electron chi connectivity index (χ2n) is 7.48. The fourth-order valence-electron chi connectivity index (χ4n) is 3.47. The zero-order chi connectivity index (χ0) is 18.2. The molecule has 138 valence electrons. The molecule has 7 heteroatoms. The second kappa shape index (κ2) is 6.52. The molecule has 3 rings (SSSR count). The van der Waals surface area contributed by atoms with Gasteiger partial charge in [-0.3, -0.25) is 4.79 Å². The molecule has 0 unspecified atom stereocenters. The maximum Gasteiger partial charge on any atom is 0.260 e. The Morgan fingerprint density at radius 1 is 1.32 bits per heavy atom. The predicted octanol–water partition coefficient (Wildman–Crippen LogP) is 1.81. The van der Waals surface area contributed by atoms with Crippen LogP contribution >= 0.6 is 0 Å². The number of hydrogen-bond acceptors (Lipinski definition) is 5. The normalized spacial score (nSPS) is 20.0. The van der Waals surface area contributed by atoms with E-state index in [1.807, 2.05) is 32.0 Å². The van der Waals surface area contributed by atoms with Gasteiger partial charge in [0.1, 0.15) is 15.4 Å². The molecule has 0 N–H and O–H groups in total. The maximum absolute atomic E-state index is 12.4. The van der Waals surface area contributed by atoms with Crippen LogP contribution in [-0.2, 0) is 21.1 Å². The molecular formula is C18H25NO5S. The third-order valence-electron chi connectivity index (χ3n) is 4.81. The van der Waals surface area contributed by atoms with Crippen molar-refractivity contribution in [1.29, 1.82) is 0 Å². The number of carbonyl (C=O) groups excluding carboxylic acids is 1. The van der Waals surface area contributed by atoms with Gasteiger partial charge < -0.3 is 14.4 Å². The van der Waals surface area contributed by atoms with Crippen LogP contribution in [0.4, 0.5) is 0 Å². The molecule has 0 aromatic heterocycles. The zero-order valence-electron chi connectivity index (χ0n) is 14.9. The molecule has 0 aliphatic carbocycles. The summed E-state index contributed by atoms with van der Waals surface area (Å²) in [6.45, 7) is 4.89. The monoisotopic (exact) mass is 367 g/mol. The molecule has 2 aliphatic rings. The van der Waals surface area contributed by atoms with E-state index in [2.05, 4.69) is 0 Å². The van der Waals surface area contributed by atoms with Gasteiger partial charge in [-0.05, 0) is 32.8 Å². The van der Waals surface area contributed by atoms with Crippen molar-refractivity contribution in [1.82, 2.24) is 4.90 Å². The fraction of sp³-hybridized carbons (Fsp3) is 0.611. The van der Waals surface area contributed by atoms with Gasteiger partial charge in [-0.2, -0.15) is 0 Å². The molecule has 0 spiro atoms. The Bertz CT molecular complexity index is 764. The van der Waals surface area contributed by atoms with E-state index in [1.165, 1.54) is 6.26 Å². The molecule has 1 aromatic carbocycles. The average molecular weight is 367 g/mol. The second-order valence-corrected chi connectivity index (χ2v) is 9.81. The number of hydrogen-bond donors (Lipinski definition) is 0. The van der Waals surface area contributed by atoms with E-state index in [0.717, 1.165) is 17.7 Å². The number of amides is 1. The SMILES string of the molecule is CC1(C)Cc2cccc(OCC(=O)N3CCC(S(C)(=O)=O)CC3)c2O1. The lowest BCUT2D eigenvalue weighted by molar-refractivity contribution is -0.134. The van der Waals surface area contributed by atoms with Gasteiger partial charge in [-0.1, -0.05) is 12.1 Å². The van der Waals surface area contributed by atoms with Gasteiger partial charge in [0, 0.05) is 31.3 Å². The minimum atomic E-state index is -3.03. The lowest BCUT2D eigenvalue weighted by atomic mass is 10.0. The minimum Gasteiger partial charge on any atom is -0.483 e. The summed E-state index contributed by atoms with van der Waals surface area (Å²) in [4.78, 5) is 14.0. The fourth-order valence-corrected chi connectivity index (χ4v) is 4.53. The van der Waals surface area contributed by atoms with Crippen LogP contribution in [0.5, 0.6) is 11.5 Å². The molecule has 1 saturated heterocycles. The number of piperidine rings is 1. The van der Waals surface area contributed by atoms with Crippen molar-refractivity contribution < 1.29 is 22.7 Å². The number of para-hydroxylation sites is 1. The Morgan fingerprint density at radius 3 is 2.64 bits per heavy atom. The Balaban J connectivity index is 1.57. The van der Waals surface area contributed by atoms with Gasteiger partial charge in [-0.25, -0.2) is 8.42 Å². The Hall–Kier alpha value is -1.76. The molecule has 0 bridgehead atoms. The van der Waals surface area contributed by atoms with Gasteiger partial charge in [0.2, 0.25) is 0 Å². The van der Waals surface area contributed by atoms with Gasteiger partial charge in [0.15, 0.2) is 18.1 Å². The van der Waals surface area contributed by atoms with Crippen LogP contribution in [0.25, 0.3) is 0 Å². The molecular weight excluding hydrogens is 342 g/mol. The Morgan fingerprint density at radius 2 is 2.00 bits per heavy atom. The molecule has 6 nitrogen and oxygen atoms in total. The van der Waals surface area contributed by atoms with E-state index in [9.17, 15) is 13.2 Å². The number of sulfone groups is 1. The number of likely N-dealkylation sites (tertiary alicyclic amines) is 1. The van der Waals surface area contributed by atoms with Crippen molar-refractivity contribution >= 4 is 15.7 Å². The molecule has 1 amide bonds. The first-order valence-electron chi connectivity index (χ1n) is 8.56. The van der Waals surface area contributed by atoms with Crippen LogP contribution in [0.1, 0.15) is 32.3 Å². The van der Waals surface area contributed by atoms with Gasteiger partial charge in [-0.15, -0.1) is 0 Å². The van der Waals surface area contributed by atoms with E-state index < -0.39 is 9.84 Å². The highest BCUT2D eigenvalue weighted by molar-refractivity contribution is 7.91. The van der Waals surface area contributed by atoms with Crippen molar-refractivity contribution in [2.24, 2.45) is 0 Å². The van der Waals surface area contributed by atoms with Crippen LogP contribution in [0.2, 0.25) is 0 Å². The van der Waals surface area contributed by atoms with Crippen LogP contribution < -0.4 is 9.47 Å². The van der Waals surface area contributed by atoms with Crippen molar-refractivity contribution in [2.45, 2.75) is 44.0 Å². The van der Waals surface area contributed by atoms with E-state index in [0.29, 0.717) is 31.7 Å². The first kappa shape index (κ1) is 18.0. The van der Waals surface area contributed by atoms with Crippen LogP contribution in [-0.4, -0.2) is 56.0 Å². The number of ether oxygens (including phenoxy) is 2. The summed E-state index contributed by atoms with van der Waals surface area (Å²) < 4.78 is 34.8. The predicted molar refractivity (Wildman–Crippen MR) is 94.8 cm³/mol. The summed E-state index contributed by atoms with van der Waals surface area (Å²) in [6, 6.07) is 5.72. The van der Waals surface area contributed by atoms with Gasteiger partial charge >= 0.3 is 0 Å². The molecule has 1 aromatic rings. The summed E-state index contributed by atoms with van der Waals surface area (Å²) in [5, 5.41) is -0.342. The average Bonchev–Trinajstić information content (AvgIpc) is 2.86. The van der Waals surface area contributed by atoms with Crippen molar-refractivity contribution in [3.63, 3.8) is 0 Å². The van der Waals surface area contributed by atoms with Crippen LogP contribution in [0, 0.1) is 0 Å². The summed E-state index contributed by atoms with van der Waals surface area (Å²) in [6.07, 6.45) is 3.05. The summed E-state index contributed by atoms with van der Waals surface area (Å²) in [5.74, 6) is 1.18. The van der Waals surface area contributed by atoms with E-state index in [4.69, 9.17) is 9.47 Å². The van der Waals surface area contributed by atoms with Crippen LogP contribution in [0.3, 0.4) is 0 Å². The third-order valence-corrected chi connectivity index (χ3v) is 6.49. The van der Waals surface area contributed by atoms with E-state index in [-0.39, 0.29) is 23.4 Å². The molecule has 0 radical (unpaired) electrons. The summed E-state index contributed by atoms with van der Waals surface area (Å²) in [5.41, 5.74) is 0.822. The smallest absolute Gasteiger partial charge is 0.260 e. The third kappa shape index (κ3) is 4.08. The van der Waals surface area contributed by atoms with Gasteiger partial charge in [0.05, 0.1) is 5.25 Å². The highest BCUT2D eigenvalue weighted by atomic mass is 32.2. The van der Waals surface area contributed by atoms with E-state index >= 15 is 0 Å². The van der Waals surface area contributed by atoms with Crippen molar-refractivity contribution in [3.05, 3.63) is 23.8 Å². The number of benzene rings is 1. The quantitative estimate of drug-likeness (QED) is 0.812. The Kier molecular flexibility index (Phi) is 4.70. The van der Waals surface area contributed by atoms with Crippen molar-refractivity contribution in [3.8, 4) is 11.5 Å². The molecule has 0 saturated carbocycles. The topological polar surface area (TPSA) is 72.9 Å². The molecule has 25 heavy (non-hydrogen) atoms. The molecule has 0 atom stereocenters. The summed E-state index contributed by atoms with van der Waals surface area (Å²) in [7, 11) is -3.03. The van der Waals surface area contributed by atoms with Crippen molar-refractivity contribution in [2.75, 3.05) is 26.0 Å². The number of fused-ring (bicyclic) bond motifs is 1.